The van der Waals surface area contributed by atoms with Crippen LogP contribution in [0.4, 0.5) is 0 Å². The number of hydrogen-bond acceptors (Lipinski definition) is 6. The van der Waals surface area contributed by atoms with Crippen molar-refractivity contribution in [3.05, 3.63) is 53.3 Å². The lowest BCUT2D eigenvalue weighted by molar-refractivity contribution is -0.229. The first-order chi connectivity index (χ1) is 17.0. The van der Waals surface area contributed by atoms with Crippen LogP contribution in [0, 0.1) is 0 Å². The quantitative estimate of drug-likeness (QED) is 0.548. The SMILES string of the molecule is C=C(C)[C@@H](O)Cn1c2c(c3ccc(OC)cc31)[C@H](O)[C@@]1(O)C(=O)N3CCC[C@H]3C(=O)N1[C@H]2C=C(C)C. The van der Waals surface area contributed by atoms with Crippen LogP contribution in [0.2, 0.25) is 0 Å². The molecule has 0 saturated carbocycles. The predicted octanol–water partition coefficient (Wildman–Crippen LogP) is 2.16. The van der Waals surface area contributed by atoms with Crippen LogP contribution in [0.1, 0.15) is 57.0 Å². The van der Waals surface area contributed by atoms with Gasteiger partial charge in [0.05, 0.1) is 37.0 Å². The van der Waals surface area contributed by atoms with Gasteiger partial charge >= 0.3 is 0 Å². The van der Waals surface area contributed by atoms with Crippen molar-refractivity contribution >= 4 is 22.7 Å². The zero-order valence-corrected chi connectivity index (χ0v) is 21.1. The molecule has 2 fully saturated rings. The topological polar surface area (TPSA) is 115 Å². The third-order valence-electron chi connectivity index (χ3n) is 7.70. The first-order valence-electron chi connectivity index (χ1n) is 12.3. The molecule has 0 bridgehead atoms. The number of rotatable bonds is 5. The number of hydrogen-bond donors (Lipinski definition) is 3. The zero-order chi connectivity index (χ0) is 26.1. The molecule has 0 unspecified atom stereocenters. The molecule has 3 aliphatic heterocycles. The number of carbonyl (C=O) groups is 2. The number of allylic oxidation sites excluding steroid dienone is 1. The maximum atomic E-state index is 13.8. The van der Waals surface area contributed by atoms with E-state index in [1.165, 1.54) is 9.80 Å². The van der Waals surface area contributed by atoms with Crippen LogP contribution < -0.4 is 4.74 Å². The smallest absolute Gasteiger partial charge is 0.279 e. The molecule has 2 aromatic rings. The standard InChI is InChI=1S/C27H33N3O6/c1-14(2)11-20-23-22(17-9-8-16(36-5)12-19(17)29(23)13-21(31)15(3)4)24(32)27(35)26(34)28-10-6-7-18(28)25(33)30(20)27/h8-9,11-12,18,20-21,24,31-32,35H,3,6-7,10,13H2,1-2,4-5H3/t18-,20-,21-,24-,27+/m0/s1. The molecule has 3 aliphatic rings. The van der Waals surface area contributed by atoms with E-state index in [0.717, 1.165) is 5.57 Å². The van der Waals surface area contributed by atoms with Gasteiger partial charge < -0.3 is 29.5 Å². The van der Waals surface area contributed by atoms with Gasteiger partial charge in [-0.15, -0.1) is 0 Å². The van der Waals surface area contributed by atoms with Crippen LogP contribution in [-0.2, 0) is 16.1 Å². The number of benzene rings is 1. The molecule has 4 heterocycles. The van der Waals surface area contributed by atoms with Crippen molar-refractivity contribution in [2.45, 2.75) is 70.2 Å². The number of carbonyl (C=O) groups excluding carboxylic acids is 2. The number of piperazine rings is 1. The van der Waals surface area contributed by atoms with E-state index >= 15 is 0 Å². The summed E-state index contributed by atoms with van der Waals surface area (Å²) >= 11 is 0. The Labute approximate surface area is 209 Å². The molecule has 0 aliphatic carbocycles. The van der Waals surface area contributed by atoms with Crippen LogP contribution in [0.25, 0.3) is 10.9 Å². The fraction of sp³-hybridized carbons (Fsp3) is 0.481. The van der Waals surface area contributed by atoms with Crippen LogP contribution in [-0.4, -0.2) is 73.0 Å². The highest BCUT2D eigenvalue weighted by atomic mass is 16.5. The minimum absolute atomic E-state index is 0.109. The molecule has 192 valence electrons. The Bertz CT molecular complexity index is 1310. The Morgan fingerprint density at radius 1 is 1.31 bits per heavy atom. The van der Waals surface area contributed by atoms with Crippen molar-refractivity contribution in [1.82, 2.24) is 14.4 Å². The second kappa shape index (κ2) is 8.47. The van der Waals surface area contributed by atoms with E-state index in [9.17, 15) is 24.9 Å². The van der Waals surface area contributed by atoms with E-state index in [1.54, 1.807) is 32.2 Å². The number of aromatic nitrogens is 1. The highest BCUT2D eigenvalue weighted by Crippen LogP contribution is 2.52. The van der Waals surface area contributed by atoms with Crippen LogP contribution in [0.15, 0.2) is 42.0 Å². The van der Waals surface area contributed by atoms with Gasteiger partial charge in [-0.3, -0.25) is 14.5 Å². The Morgan fingerprint density at radius 2 is 2.03 bits per heavy atom. The minimum atomic E-state index is -2.45. The number of fused-ring (bicyclic) bond motifs is 5. The first kappa shape index (κ1) is 24.5. The average molecular weight is 496 g/mol. The number of amides is 2. The van der Waals surface area contributed by atoms with Crippen LogP contribution >= 0.6 is 0 Å². The summed E-state index contributed by atoms with van der Waals surface area (Å²) in [5, 5.41) is 35.1. The van der Waals surface area contributed by atoms with E-state index in [1.807, 2.05) is 24.5 Å². The lowest BCUT2D eigenvalue weighted by Crippen LogP contribution is -2.74. The molecular weight excluding hydrogens is 462 g/mol. The fourth-order valence-corrected chi connectivity index (χ4v) is 5.93. The summed E-state index contributed by atoms with van der Waals surface area (Å²) in [5.74, 6) is -0.483. The summed E-state index contributed by atoms with van der Waals surface area (Å²) < 4.78 is 7.28. The molecule has 3 N–H and O–H groups in total. The van der Waals surface area contributed by atoms with Gasteiger partial charge in [0, 0.05) is 23.6 Å². The van der Waals surface area contributed by atoms with Crippen LogP contribution in [0.3, 0.4) is 0 Å². The number of ether oxygens (including phenoxy) is 1. The Hall–Kier alpha value is -3.14. The summed E-state index contributed by atoms with van der Waals surface area (Å²) in [5.41, 5.74) is 0.536. The zero-order valence-electron chi connectivity index (χ0n) is 21.1. The summed E-state index contributed by atoms with van der Waals surface area (Å²) in [6.45, 7) is 9.83. The van der Waals surface area contributed by atoms with Gasteiger partial charge in [0.25, 0.3) is 11.6 Å². The highest BCUT2D eigenvalue weighted by molar-refractivity contribution is 6.02. The van der Waals surface area contributed by atoms with E-state index < -0.39 is 41.8 Å². The molecule has 5 atom stereocenters. The number of methoxy groups -OCH3 is 1. The largest absolute Gasteiger partial charge is 0.497 e. The lowest BCUT2D eigenvalue weighted by Gasteiger charge is -2.54. The molecule has 2 saturated heterocycles. The monoisotopic (exact) mass is 495 g/mol. The Kier molecular flexibility index (Phi) is 5.77. The number of aliphatic hydroxyl groups excluding tert-OH is 2. The maximum Gasteiger partial charge on any atom is 0.279 e. The van der Waals surface area contributed by atoms with Gasteiger partial charge in [0.1, 0.15) is 17.9 Å². The molecule has 1 aromatic carbocycles. The van der Waals surface area contributed by atoms with Gasteiger partial charge in [0.15, 0.2) is 0 Å². The van der Waals surface area contributed by atoms with Gasteiger partial charge in [-0.05, 0) is 45.7 Å². The van der Waals surface area contributed by atoms with Crippen molar-refractivity contribution in [1.29, 1.82) is 0 Å². The molecule has 9 heteroatoms. The van der Waals surface area contributed by atoms with Crippen molar-refractivity contribution < 1.29 is 29.6 Å². The Morgan fingerprint density at radius 3 is 2.67 bits per heavy atom. The minimum Gasteiger partial charge on any atom is -0.497 e. The Balaban J connectivity index is 1.85. The fourth-order valence-electron chi connectivity index (χ4n) is 5.93. The van der Waals surface area contributed by atoms with Crippen molar-refractivity contribution in [2.75, 3.05) is 13.7 Å². The van der Waals surface area contributed by atoms with Crippen molar-refractivity contribution in [2.24, 2.45) is 0 Å². The van der Waals surface area contributed by atoms with E-state index in [-0.39, 0.29) is 6.54 Å². The van der Waals surface area contributed by atoms with Gasteiger partial charge in [-0.25, -0.2) is 0 Å². The second-order valence-corrected chi connectivity index (χ2v) is 10.3. The summed E-state index contributed by atoms with van der Waals surface area (Å²) in [6.07, 6.45) is 0.403. The van der Waals surface area contributed by atoms with Gasteiger partial charge in [-0.1, -0.05) is 23.8 Å². The van der Waals surface area contributed by atoms with E-state index in [2.05, 4.69) is 6.58 Å². The molecule has 1 aromatic heterocycles. The van der Waals surface area contributed by atoms with Gasteiger partial charge in [-0.2, -0.15) is 0 Å². The maximum absolute atomic E-state index is 13.8. The predicted molar refractivity (Wildman–Crippen MR) is 133 cm³/mol. The van der Waals surface area contributed by atoms with Crippen molar-refractivity contribution in [3.8, 4) is 5.75 Å². The summed E-state index contributed by atoms with van der Waals surface area (Å²) in [7, 11) is 1.55. The number of aliphatic hydroxyl groups is 3. The summed E-state index contributed by atoms with van der Waals surface area (Å²) in [4.78, 5) is 30.1. The third-order valence-corrected chi connectivity index (χ3v) is 7.70. The molecule has 36 heavy (non-hydrogen) atoms. The van der Waals surface area contributed by atoms with Crippen molar-refractivity contribution in [3.63, 3.8) is 0 Å². The molecular formula is C27H33N3O6. The first-order valence-corrected chi connectivity index (χ1v) is 12.3. The van der Waals surface area contributed by atoms with E-state index in [0.29, 0.717) is 52.9 Å². The average Bonchev–Trinajstić information content (AvgIpc) is 3.44. The lowest BCUT2D eigenvalue weighted by atomic mass is 9.82. The van der Waals surface area contributed by atoms with Gasteiger partial charge in [0.2, 0.25) is 5.91 Å². The van der Waals surface area contributed by atoms with Crippen LogP contribution in [0.5, 0.6) is 5.75 Å². The second-order valence-electron chi connectivity index (χ2n) is 10.3. The highest BCUT2D eigenvalue weighted by Gasteiger charge is 2.65. The summed E-state index contributed by atoms with van der Waals surface area (Å²) in [6, 6.07) is 3.79. The normalized spacial score (nSPS) is 28.0. The molecule has 0 spiro atoms. The number of nitrogens with zero attached hydrogens (tertiary/aromatic N) is 3. The molecule has 0 radical (unpaired) electrons. The molecule has 5 rings (SSSR count). The third kappa shape index (κ3) is 3.26. The van der Waals surface area contributed by atoms with E-state index in [4.69, 9.17) is 4.74 Å². The molecule has 2 amide bonds. The molecule has 9 nitrogen and oxygen atoms in total.